The molecule has 0 aliphatic heterocycles. The summed E-state index contributed by atoms with van der Waals surface area (Å²) in [5, 5.41) is 9.32. The topological polar surface area (TPSA) is 37.3 Å². The molecule has 0 spiro atoms. The van der Waals surface area contributed by atoms with Crippen molar-refractivity contribution in [1.29, 1.82) is 0 Å². The van der Waals surface area contributed by atoms with E-state index in [0.29, 0.717) is 0 Å². The molecule has 0 saturated heterocycles. The number of ketones is 1. The van der Waals surface area contributed by atoms with Gasteiger partial charge in [0.2, 0.25) is 0 Å². The normalized spacial score (nSPS) is 21.8. The van der Waals surface area contributed by atoms with Gasteiger partial charge < -0.3 is 5.11 Å². The second-order valence-electron chi connectivity index (χ2n) is 5.04. The predicted octanol–water partition coefficient (Wildman–Crippen LogP) is 2.98. The Hall–Kier alpha value is -1.15. The molecule has 0 bridgehead atoms. The van der Waals surface area contributed by atoms with Gasteiger partial charge in [0.25, 0.3) is 0 Å². The maximum atomic E-state index is 12.4. The van der Waals surface area contributed by atoms with Crippen LogP contribution in [0.3, 0.4) is 0 Å². The Morgan fingerprint density at radius 2 is 2.18 bits per heavy atom. The van der Waals surface area contributed by atoms with E-state index in [2.05, 4.69) is 6.07 Å². The zero-order valence-corrected chi connectivity index (χ0v) is 10.4. The number of fused-ring (bicyclic) bond motifs is 1. The third-order valence-electron chi connectivity index (χ3n) is 3.59. The second kappa shape index (κ2) is 5.46. The molecular formula is C15H20O2. The Bertz CT molecular complexity index is 396. The van der Waals surface area contributed by atoms with Crippen molar-refractivity contribution in [3.8, 4) is 0 Å². The molecular weight excluding hydrogens is 212 g/mol. The fourth-order valence-corrected chi connectivity index (χ4v) is 2.59. The second-order valence-corrected chi connectivity index (χ2v) is 5.04. The largest absolute Gasteiger partial charge is 0.393 e. The number of rotatable bonds is 3. The highest BCUT2D eigenvalue weighted by Crippen LogP contribution is 2.27. The third-order valence-corrected chi connectivity index (χ3v) is 3.59. The number of aryl methyl sites for hydroxylation is 1. The van der Waals surface area contributed by atoms with Crippen LogP contribution in [0.5, 0.6) is 0 Å². The molecule has 2 unspecified atom stereocenters. The Labute approximate surface area is 103 Å². The quantitative estimate of drug-likeness (QED) is 0.813. The van der Waals surface area contributed by atoms with E-state index in [1.54, 1.807) is 6.92 Å². The summed E-state index contributed by atoms with van der Waals surface area (Å²) in [4.78, 5) is 12.4. The first-order chi connectivity index (χ1) is 8.18. The molecule has 0 heterocycles. The third kappa shape index (κ3) is 2.95. The molecule has 2 atom stereocenters. The van der Waals surface area contributed by atoms with Crippen molar-refractivity contribution in [1.82, 2.24) is 0 Å². The first-order valence-corrected chi connectivity index (χ1v) is 6.48. The fourth-order valence-electron chi connectivity index (χ4n) is 2.59. The van der Waals surface area contributed by atoms with E-state index in [4.69, 9.17) is 0 Å². The molecule has 1 aromatic carbocycles. The van der Waals surface area contributed by atoms with Crippen molar-refractivity contribution in [3.63, 3.8) is 0 Å². The van der Waals surface area contributed by atoms with E-state index in [1.165, 1.54) is 5.56 Å². The van der Waals surface area contributed by atoms with Crippen LogP contribution in [0.25, 0.3) is 0 Å². The van der Waals surface area contributed by atoms with Crippen LogP contribution in [0.2, 0.25) is 0 Å². The van der Waals surface area contributed by atoms with E-state index in [0.717, 1.165) is 37.7 Å². The van der Waals surface area contributed by atoms with Crippen LogP contribution in [-0.4, -0.2) is 17.0 Å². The number of hydrogen-bond donors (Lipinski definition) is 1. The number of carbonyl (C=O) groups is 1. The molecule has 1 N–H and O–H groups in total. The van der Waals surface area contributed by atoms with Gasteiger partial charge in [0.15, 0.2) is 5.78 Å². The van der Waals surface area contributed by atoms with Gasteiger partial charge in [-0.15, -0.1) is 0 Å². The van der Waals surface area contributed by atoms with Crippen molar-refractivity contribution in [2.24, 2.45) is 5.92 Å². The summed E-state index contributed by atoms with van der Waals surface area (Å²) in [5.41, 5.74) is 2.10. The molecule has 1 aliphatic rings. The van der Waals surface area contributed by atoms with Crippen molar-refractivity contribution in [3.05, 3.63) is 35.4 Å². The van der Waals surface area contributed by atoms with Gasteiger partial charge in [-0.05, 0) is 44.6 Å². The van der Waals surface area contributed by atoms with E-state index in [-0.39, 0.29) is 17.8 Å². The first kappa shape index (κ1) is 12.3. The Kier molecular flexibility index (Phi) is 3.95. The molecule has 0 radical (unpaired) electrons. The zero-order chi connectivity index (χ0) is 12.3. The van der Waals surface area contributed by atoms with E-state index in [1.807, 2.05) is 18.2 Å². The van der Waals surface area contributed by atoms with Crippen LogP contribution in [0.15, 0.2) is 24.3 Å². The monoisotopic (exact) mass is 232 g/mol. The molecule has 0 aromatic heterocycles. The van der Waals surface area contributed by atoms with Gasteiger partial charge in [0, 0.05) is 11.5 Å². The van der Waals surface area contributed by atoms with Crippen LogP contribution < -0.4 is 0 Å². The highest BCUT2D eigenvalue weighted by molar-refractivity contribution is 5.99. The minimum Gasteiger partial charge on any atom is -0.393 e. The molecule has 1 aromatic rings. The van der Waals surface area contributed by atoms with E-state index in [9.17, 15) is 9.90 Å². The standard InChI is InChI=1S/C15H20O2/c1-11(16)9-10-13-7-4-6-12-5-2-3-8-14(12)15(13)17/h2-3,5,8,11,13,16H,4,6-7,9-10H2,1H3. The average Bonchev–Trinajstić information content (AvgIpc) is 2.47. The lowest BCUT2D eigenvalue weighted by Crippen LogP contribution is -2.16. The molecule has 1 aliphatic carbocycles. The minimum atomic E-state index is -0.304. The summed E-state index contributed by atoms with van der Waals surface area (Å²) >= 11 is 0. The average molecular weight is 232 g/mol. The van der Waals surface area contributed by atoms with Crippen LogP contribution in [-0.2, 0) is 6.42 Å². The van der Waals surface area contributed by atoms with Crippen LogP contribution >= 0.6 is 0 Å². The molecule has 0 fully saturated rings. The molecule has 0 amide bonds. The summed E-state index contributed by atoms with van der Waals surface area (Å²) in [6.45, 7) is 1.79. The summed E-state index contributed by atoms with van der Waals surface area (Å²) in [6.07, 6.45) is 4.27. The molecule has 92 valence electrons. The van der Waals surface area contributed by atoms with Crippen molar-refractivity contribution >= 4 is 5.78 Å². The van der Waals surface area contributed by atoms with Crippen LogP contribution in [0.1, 0.15) is 48.5 Å². The Morgan fingerprint density at radius 1 is 1.41 bits per heavy atom. The van der Waals surface area contributed by atoms with Crippen LogP contribution in [0, 0.1) is 5.92 Å². The number of hydrogen-bond acceptors (Lipinski definition) is 2. The Balaban J connectivity index is 2.14. The summed E-state index contributed by atoms with van der Waals surface area (Å²) < 4.78 is 0. The Morgan fingerprint density at radius 3 is 2.94 bits per heavy atom. The van der Waals surface area contributed by atoms with Gasteiger partial charge in [-0.2, -0.15) is 0 Å². The number of aliphatic hydroxyl groups excluding tert-OH is 1. The summed E-state index contributed by atoms with van der Waals surface area (Å²) in [7, 11) is 0. The molecule has 0 saturated carbocycles. The van der Waals surface area contributed by atoms with E-state index < -0.39 is 0 Å². The van der Waals surface area contributed by atoms with E-state index >= 15 is 0 Å². The minimum absolute atomic E-state index is 0.105. The number of aliphatic hydroxyl groups is 1. The molecule has 2 nitrogen and oxygen atoms in total. The fraction of sp³-hybridized carbons (Fsp3) is 0.533. The molecule has 2 rings (SSSR count). The lowest BCUT2D eigenvalue weighted by Gasteiger charge is -2.14. The van der Waals surface area contributed by atoms with Gasteiger partial charge in [-0.3, -0.25) is 4.79 Å². The first-order valence-electron chi connectivity index (χ1n) is 6.48. The molecule has 2 heteroatoms. The zero-order valence-electron chi connectivity index (χ0n) is 10.4. The van der Waals surface area contributed by atoms with Crippen molar-refractivity contribution < 1.29 is 9.90 Å². The lowest BCUT2D eigenvalue weighted by molar-refractivity contribution is 0.0891. The van der Waals surface area contributed by atoms with Gasteiger partial charge in [0.05, 0.1) is 6.10 Å². The van der Waals surface area contributed by atoms with Crippen LogP contribution in [0.4, 0.5) is 0 Å². The number of Topliss-reactive ketones (excluding diaryl/α,β-unsaturated/α-hetero) is 1. The summed E-state index contributed by atoms with van der Waals surface area (Å²) in [6, 6.07) is 7.94. The summed E-state index contributed by atoms with van der Waals surface area (Å²) in [5.74, 6) is 0.381. The van der Waals surface area contributed by atoms with Gasteiger partial charge >= 0.3 is 0 Å². The maximum absolute atomic E-state index is 12.4. The van der Waals surface area contributed by atoms with Crippen molar-refractivity contribution in [2.75, 3.05) is 0 Å². The highest BCUT2D eigenvalue weighted by Gasteiger charge is 2.24. The number of benzene rings is 1. The van der Waals surface area contributed by atoms with Gasteiger partial charge in [0.1, 0.15) is 0 Å². The highest BCUT2D eigenvalue weighted by atomic mass is 16.3. The number of carbonyl (C=O) groups excluding carboxylic acids is 1. The van der Waals surface area contributed by atoms with Crippen molar-refractivity contribution in [2.45, 2.75) is 45.1 Å². The van der Waals surface area contributed by atoms with Gasteiger partial charge in [-0.25, -0.2) is 0 Å². The van der Waals surface area contributed by atoms with Gasteiger partial charge in [-0.1, -0.05) is 24.3 Å². The maximum Gasteiger partial charge on any atom is 0.166 e. The predicted molar refractivity (Wildman–Crippen MR) is 68.1 cm³/mol. The smallest absolute Gasteiger partial charge is 0.166 e. The molecule has 17 heavy (non-hydrogen) atoms. The lowest BCUT2D eigenvalue weighted by atomic mass is 9.90. The SMILES string of the molecule is CC(O)CCC1CCCc2ccccc2C1=O.